The molecule has 2 N–H and O–H groups in total. The van der Waals surface area contributed by atoms with E-state index in [9.17, 15) is 4.79 Å². The molecule has 0 saturated heterocycles. The van der Waals surface area contributed by atoms with E-state index < -0.39 is 0 Å². The number of amides is 1. The summed E-state index contributed by atoms with van der Waals surface area (Å²) in [6.45, 7) is 5.44. The zero-order valence-corrected chi connectivity index (χ0v) is 10.7. The number of rotatable bonds is 6. The zero-order valence-electron chi connectivity index (χ0n) is 10.7. The van der Waals surface area contributed by atoms with Gasteiger partial charge in [0.2, 0.25) is 5.91 Å². The van der Waals surface area contributed by atoms with Gasteiger partial charge in [-0.25, -0.2) is 0 Å². The monoisotopic (exact) mass is 240 g/mol. The van der Waals surface area contributed by atoms with Gasteiger partial charge in [0.25, 0.3) is 0 Å². The van der Waals surface area contributed by atoms with E-state index in [2.05, 4.69) is 6.58 Å². The molecule has 0 aromatic carbocycles. The van der Waals surface area contributed by atoms with Crippen LogP contribution in [-0.2, 0) is 9.53 Å². The van der Waals surface area contributed by atoms with E-state index >= 15 is 0 Å². The lowest BCUT2D eigenvalue weighted by Gasteiger charge is -2.32. The molecule has 1 fully saturated rings. The molecule has 0 heterocycles. The van der Waals surface area contributed by atoms with Gasteiger partial charge in [-0.2, -0.15) is 0 Å². The summed E-state index contributed by atoms with van der Waals surface area (Å²) in [6.07, 6.45) is 5.88. The molecule has 0 aliphatic heterocycles. The number of hydrogen-bond acceptors (Lipinski definition) is 3. The predicted octanol–water partition coefficient (Wildman–Crippen LogP) is 1.16. The van der Waals surface area contributed by atoms with Crippen LogP contribution in [0, 0.1) is 5.92 Å². The van der Waals surface area contributed by atoms with Crippen molar-refractivity contribution < 1.29 is 9.53 Å². The topological polar surface area (TPSA) is 55.6 Å². The van der Waals surface area contributed by atoms with Crippen molar-refractivity contribution in [2.75, 3.05) is 26.8 Å². The molecule has 17 heavy (non-hydrogen) atoms. The minimum atomic E-state index is -0.0134. The second-order valence-corrected chi connectivity index (χ2v) is 4.62. The van der Waals surface area contributed by atoms with Gasteiger partial charge in [0.05, 0.1) is 12.5 Å². The Kier molecular flexibility index (Phi) is 6.22. The van der Waals surface area contributed by atoms with Gasteiger partial charge in [-0.15, -0.1) is 6.58 Å². The highest BCUT2D eigenvalue weighted by Gasteiger charge is 2.30. The lowest BCUT2D eigenvalue weighted by Crippen LogP contribution is -2.46. The molecule has 2 atom stereocenters. The molecule has 0 aromatic heterocycles. The Hall–Kier alpha value is -0.870. The maximum atomic E-state index is 12.3. The third-order valence-corrected chi connectivity index (χ3v) is 3.36. The van der Waals surface area contributed by atoms with Crippen molar-refractivity contribution in [2.45, 2.75) is 31.7 Å². The number of nitrogens with two attached hydrogens (primary N) is 1. The van der Waals surface area contributed by atoms with E-state index in [1.54, 1.807) is 18.1 Å². The molecule has 4 nitrogen and oxygen atoms in total. The summed E-state index contributed by atoms with van der Waals surface area (Å²) >= 11 is 0. The third kappa shape index (κ3) is 4.13. The van der Waals surface area contributed by atoms with Gasteiger partial charge in [0, 0.05) is 26.2 Å². The largest absolute Gasteiger partial charge is 0.383 e. The fourth-order valence-electron chi connectivity index (χ4n) is 2.35. The van der Waals surface area contributed by atoms with Crippen molar-refractivity contribution >= 4 is 5.91 Å². The highest BCUT2D eigenvalue weighted by Crippen LogP contribution is 2.24. The van der Waals surface area contributed by atoms with Gasteiger partial charge in [0.15, 0.2) is 0 Å². The highest BCUT2D eigenvalue weighted by molar-refractivity contribution is 5.79. The number of methoxy groups -OCH3 is 1. The average Bonchev–Trinajstić information content (AvgIpc) is 2.34. The summed E-state index contributed by atoms with van der Waals surface area (Å²) in [6, 6.07) is 0.0195. The molecular weight excluding hydrogens is 216 g/mol. The smallest absolute Gasteiger partial charge is 0.227 e. The number of carbonyl (C=O) groups excluding carboxylic acids is 1. The van der Waals surface area contributed by atoms with Crippen molar-refractivity contribution in [2.24, 2.45) is 11.7 Å². The Morgan fingerprint density at radius 1 is 1.53 bits per heavy atom. The van der Waals surface area contributed by atoms with Crippen LogP contribution in [0.1, 0.15) is 25.7 Å². The fraction of sp³-hybridized carbons (Fsp3) is 0.769. The molecule has 0 aromatic rings. The number of hydrogen-bond donors (Lipinski definition) is 1. The van der Waals surface area contributed by atoms with Gasteiger partial charge in [0.1, 0.15) is 0 Å². The normalized spacial score (nSPS) is 24.4. The molecule has 0 spiro atoms. The first-order valence-corrected chi connectivity index (χ1v) is 6.35. The van der Waals surface area contributed by atoms with Crippen LogP contribution in [0.4, 0.5) is 0 Å². The van der Waals surface area contributed by atoms with Gasteiger partial charge in [-0.05, 0) is 12.8 Å². The van der Waals surface area contributed by atoms with Gasteiger partial charge < -0.3 is 15.4 Å². The minimum Gasteiger partial charge on any atom is -0.383 e. The van der Waals surface area contributed by atoms with Crippen molar-refractivity contribution in [1.29, 1.82) is 0 Å². The van der Waals surface area contributed by atoms with Gasteiger partial charge in [-0.3, -0.25) is 4.79 Å². The van der Waals surface area contributed by atoms with Crippen LogP contribution in [0.2, 0.25) is 0 Å². The first kappa shape index (κ1) is 14.2. The molecule has 1 rings (SSSR count). The van der Waals surface area contributed by atoms with E-state index in [-0.39, 0.29) is 17.9 Å². The van der Waals surface area contributed by atoms with Gasteiger partial charge >= 0.3 is 0 Å². The molecule has 1 aliphatic rings. The van der Waals surface area contributed by atoms with Crippen molar-refractivity contribution in [3.05, 3.63) is 12.7 Å². The van der Waals surface area contributed by atoms with E-state index in [1.165, 1.54) is 0 Å². The van der Waals surface area contributed by atoms with Crippen LogP contribution < -0.4 is 5.73 Å². The Morgan fingerprint density at radius 3 is 2.82 bits per heavy atom. The lowest BCUT2D eigenvalue weighted by atomic mass is 9.84. The van der Waals surface area contributed by atoms with Gasteiger partial charge in [-0.1, -0.05) is 18.9 Å². The predicted molar refractivity (Wildman–Crippen MR) is 68.6 cm³/mol. The number of carbonyl (C=O) groups is 1. The van der Waals surface area contributed by atoms with Crippen molar-refractivity contribution in [3.8, 4) is 0 Å². The lowest BCUT2D eigenvalue weighted by molar-refractivity contribution is -0.137. The standard InChI is InChI=1S/C13H24N2O2/c1-3-8-15(9-10-17-2)13(16)11-6-4-5-7-12(11)14/h3,11-12H,1,4-10,14H2,2H3. The third-order valence-electron chi connectivity index (χ3n) is 3.36. The second-order valence-electron chi connectivity index (χ2n) is 4.62. The molecule has 98 valence electrons. The van der Waals surface area contributed by atoms with Crippen LogP contribution in [0.15, 0.2) is 12.7 Å². The summed E-state index contributed by atoms with van der Waals surface area (Å²) in [5.41, 5.74) is 6.04. The number of ether oxygens (including phenoxy) is 1. The SMILES string of the molecule is C=CCN(CCOC)C(=O)C1CCCCC1N. The van der Waals surface area contributed by atoms with E-state index in [0.29, 0.717) is 19.7 Å². The van der Waals surface area contributed by atoms with E-state index in [0.717, 1.165) is 25.7 Å². The molecular formula is C13H24N2O2. The maximum Gasteiger partial charge on any atom is 0.227 e. The highest BCUT2D eigenvalue weighted by atomic mass is 16.5. The van der Waals surface area contributed by atoms with Crippen molar-refractivity contribution in [1.82, 2.24) is 4.90 Å². The molecule has 1 aliphatic carbocycles. The summed E-state index contributed by atoms with van der Waals surface area (Å²) in [5, 5.41) is 0. The molecule has 2 unspecified atom stereocenters. The van der Waals surface area contributed by atoms with Crippen LogP contribution in [0.25, 0.3) is 0 Å². The molecule has 1 saturated carbocycles. The summed E-state index contributed by atoms with van der Waals surface area (Å²) < 4.78 is 5.02. The van der Waals surface area contributed by atoms with E-state index in [4.69, 9.17) is 10.5 Å². The maximum absolute atomic E-state index is 12.3. The Balaban J connectivity index is 2.58. The van der Waals surface area contributed by atoms with Crippen LogP contribution in [-0.4, -0.2) is 43.7 Å². The van der Waals surface area contributed by atoms with Crippen LogP contribution in [0.3, 0.4) is 0 Å². The van der Waals surface area contributed by atoms with Crippen molar-refractivity contribution in [3.63, 3.8) is 0 Å². The summed E-state index contributed by atoms with van der Waals surface area (Å²) in [5.74, 6) is 0.148. The first-order valence-electron chi connectivity index (χ1n) is 6.35. The zero-order chi connectivity index (χ0) is 12.7. The Bertz CT molecular complexity index is 256. The fourth-order valence-corrected chi connectivity index (χ4v) is 2.35. The molecule has 0 bridgehead atoms. The Labute approximate surface area is 104 Å². The molecule has 1 amide bonds. The average molecular weight is 240 g/mol. The molecule has 4 heteroatoms. The van der Waals surface area contributed by atoms with Crippen LogP contribution in [0.5, 0.6) is 0 Å². The number of nitrogens with zero attached hydrogens (tertiary/aromatic N) is 1. The summed E-state index contributed by atoms with van der Waals surface area (Å²) in [4.78, 5) is 14.1. The quantitative estimate of drug-likeness (QED) is 0.709. The second kappa shape index (κ2) is 7.45. The molecule has 0 radical (unpaired) electrons. The summed E-state index contributed by atoms with van der Waals surface area (Å²) in [7, 11) is 1.64. The minimum absolute atomic E-state index is 0.0134. The van der Waals surface area contributed by atoms with Crippen LogP contribution >= 0.6 is 0 Å². The van der Waals surface area contributed by atoms with E-state index in [1.807, 2.05) is 0 Å². The first-order chi connectivity index (χ1) is 8.20. The Morgan fingerprint density at radius 2 is 2.24 bits per heavy atom.